The summed E-state index contributed by atoms with van der Waals surface area (Å²) >= 11 is 0. The molecule has 0 aromatic rings. The molecule has 0 spiro atoms. The topological polar surface area (TPSA) is 91.7 Å². The second kappa shape index (κ2) is 5.80. The predicted octanol–water partition coefficient (Wildman–Crippen LogP) is 1.95. The van der Waals surface area contributed by atoms with E-state index < -0.39 is 22.8 Å². The molecule has 0 heterocycles. The molecule has 0 fully saturated rings. The second-order valence-electron chi connectivity index (χ2n) is 5.09. The van der Waals surface area contributed by atoms with Gasteiger partial charge >= 0.3 is 11.9 Å². The molecule has 0 aromatic carbocycles. The third kappa shape index (κ3) is 4.54. The minimum Gasteiger partial charge on any atom is -0.481 e. The van der Waals surface area contributed by atoms with E-state index in [9.17, 15) is 14.4 Å². The summed E-state index contributed by atoms with van der Waals surface area (Å²) in [5.41, 5.74) is -1.89. The summed E-state index contributed by atoms with van der Waals surface area (Å²) < 4.78 is 0. The number of aliphatic carboxylic acids is 2. The van der Waals surface area contributed by atoms with Crippen LogP contribution in [-0.4, -0.2) is 28.4 Å². The van der Waals surface area contributed by atoms with Crippen molar-refractivity contribution in [3.05, 3.63) is 0 Å². The molecule has 5 heteroatoms. The van der Waals surface area contributed by atoms with Crippen LogP contribution in [0.25, 0.3) is 0 Å². The summed E-state index contributed by atoms with van der Waals surface area (Å²) in [4.78, 5) is 32.8. The predicted molar refractivity (Wildman–Crippen MR) is 61.7 cm³/mol. The van der Waals surface area contributed by atoms with Crippen LogP contribution in [0.15, 0.2) is 0 Å². The standard InChI is InChI=1S/C12H20O5/c1-4-12(8-13,6-5-9(14)15)7-11(2,3)10(16)17/h8H,4-7H2,1-3H3,(H,14,15)(H,16,17). The summed E-state index contributed by atoms with van der Waals surface area (Å²) in [6.07, 6.45) is 1.37. The minimum absolute atomic E-state index is 0.123. The quantitative estimate of drug-likeness (QED) is 0.637. The third-order valence-corrected chi connectivity index (χ3v) is 3.16. The van der Waals surface area contributed by atoms with Crippen LogP contribution in [0.1, 0.15) is 46.5 Å². The minimum atomic E-state index is -1.03. The van der Waals surface area contributed by atoms with Gasteiger partial charge in [-0.15, -0.1) is 0 Å². The van der Waals surface area contributed by atoms with Crippen LogP contribution in [0, 0.1) is 10.8 Å². The number of carbonyl (C=O) groups is 3. The monoisotopic (exact) mass is 244 g/mol. The Kier molecular flexibility index (Phi) is 5.32. The molecule has 1 atom stereocenters. The molecule has 0 aliphatic heterocycles. The number of carboxylic acid groups (broad SMARTS) is 2. The zero-order valence-electron chi connectivity index (χ0n) is 10.5. The first-order chi connectivity index (χ1) is 7.69. The highest BCUT2D eigenvalue weighted by atomic mass is 16.4. The van der Waals surface area contributed by atoms with E-state index in [1.165, 1.54) is 0 Å². The van der Waals surface area contributed by atoms with Gasteiger partial charge in [-0.05, 0) is 33.1 Å². The highest BCUT2D eigenvalue weighted by molar-refractivity contribution is 5.75. The smallest absolute Gasteiger partial charge is 0.309 e. The highest BCUT2D eigenvalue weighted by Crippen LogP contribution is 2.39. The van der Waals surface area contributed by atoms with Gasteiger partial charge in [0, 0.05) is 11.8 Å². The van der Waals surface area contributed by atoms with Crippen molar-refractivity contribution in [1.29, 1.82) is 0 Å². The fraction of sp³-hybridized carbons (Fsp3) is 0.750. The largest absolute Gasteiger partial charge is 0.481 e. The molecule has 0 aliphatic rings. The first-order valence-corrected chi connectivity index (χ1v) is 5.60. The first-order valence-electron chi connectivity index (χ1n) is 5.60. The summed E-state index contributed by atoms with van der Waals surface area (Å²) in [5.74, 6) is -1.95. The zero-order valence-corrected chi connectivity index (χ0v) is 10.5. The van der Waals surface area contributed by atoms with Crippen molar-refractivity contribution in [2.75, 3.05) is 0 Å². The van der Waals surface area contributed by atoms with Gasteiger partial charge in [0.05, 0.1) is 5.41 Å². The molecule has 0 rings (SSSR count). The number of carbonyl (C=O) groups excluding carboxylic acids is 1. The van der Waals surface area contributed by atoms with E-state index >= 15 is 0 Å². The molecule has 5 nitrogen and oxygen atoms in total. The molecule has 0 saturated carbocycles. The Balaban J connectivity index is 4.89. The summed E-state index contributed by atoms with van der Waals surface area (Å²) in [6.45, 7) is 4.86. The average molecular weight is 244 g/mol. The van der Waals surface area contributed by atoms with E-state index in [1.54, 1.807) is 20.8 Å². The normalized spacial score (nSPS) is 15.0. The van der Waals surface area contributed by atoms with Crippen LogP contribution < -0.4 is 0 Å². The maximum atomic E-state index is 11.2. The van der Waals surface area contributed by atoms with Crippen molar-refractivity contribution in [1.82, 2.24) is 0 Å². The SMILES string of the molecule is CCC(C=O)(CCC(=O)O)CC(C)(C)C(=O)O. The highest BCUT2D eigenvalue weighted by Gasteiger charge is 2.39. The molecule has 0 bridgehead atoms. The molecule has 1 unspecified atom stereocenters. The Morgan fingerprint density at radius 3 is 2.06 bits per heavy atom. The summed E-state index contributed by atoms with van der Waals surface area (Å²) in [7, 11) is 0. The number of rotatable bonds is 8. The van der Waals surface area contributed by atoms with E-state index in [4.69, 9.17) is 10.2 Å². The zero-order chi connectivity index (χ0) is 13.7. The van der Waals surface area contributed by atoms with Gasteiger partial charge in [-0.3, -0.25) is 9.59 Å². The van der Waals surface area contributed by atoms with E-state index in [0.717, 1.165) is 0 Å². The lowest BCUT2D eigenvalue weighted by Crippen LogP contribution is -2.34. The van der Waals surface area contributed by atoms with Crippen molar-refractivity contribution in [3.8, 4) is 0 Å². The Bertz CT molecular complexity index is 308. The molecule has 0 saturated heterocycles. The van der Waals surface area contributed by atoms with E-state index in [0.29, 0.717) is 12.7 Å². The van der Waals surface area contributed by atoms with Gasteiger partial charge in [0.15, 0.2) is 0 Å². The van der Waals surface area contributed by atoms with Crippen LogP contribution in [0.2, 0.25) is 0 Å². The van der Waals surface area contributed by atoms with Gasteiger partial charge in [0.1, 0.15) is 6.29 Å². The Morgan fingerprint density at radius 1 is 1.24 bits per heavy atom. The molecular weight excluding hydrogens is 224 g/mol. The Labute approximate surface area is 101 Å². The second-order valence-corrected chi connectivity index (χ2v) is 5.09. The van der Waals surface area contributed by atoms with E-state index in [-0.39, 0.29) is 19.3 Å². The van der Waals surface area contributed by atoms with Gasteiger partial charge in [-0.1, -0.05) is 6.92 Å². The van der Waals surface area contributed by atoms with Crippen molar-refractivity contribution >= 4 is 18.2 Å². The summed E-state index contributed by atoms with van der Waals surface area (Å²) in [5, 5.41) is 17.7. The fourth-order valence-electron chi connectivity index (χ4n) is 1.89. The maximum absolute atomic E-state index is 11.2. The molecule has 0 aliphatic carbocycles. The van der Waals surface area contributed by atoms with E-state index in [2.05, 4.69) is 0 Å². The lowest BCUT2D eigenvalue weighted by atomic mass is 9.70. The van der Waals surface area contributed by atoms with Crippen LogP contribution in [0.4, 0.5) is 0 Å². The lowest BCUT2D eigenvalue weighted by molar-refractivity contribution is -0.149. The number of hydrogen-bond donors (Lipinski definition) is 2. The van der Waals surface area contributed by atoms with Gasteiger partial charge in [0.2, 0.25) is 0 Å². The number of aldehydes is 1. The van der Waals surface area contributed by atoms with Crippen LogP contribution in [0.3, 0.4) is 0 Å². The van der Waals surface area contributed by atoms with Gasteiger partial charge in [-0.2, -0.15) is 0 Å². The van der Waals surface area contributed by atoms with Crippen molar-refractivity contribution in [2.45, 2.75) is 46.5 Å². The van der Waals surface area contributed by atoms with Crippen molar-refractivity contribution in [3.63, 3.8) is 0 Å². The fourth-order valence-corrected chi connectivity index (χ4v) is 1.89. The molecule has 0 amide bonds. The maximum Gasteiger partial charge on any atom is 0.309 e. The third-order valence-electron chi connectivity index (χ3n) is 3.16. The molecule has 0 aromatic heterocycles. The number of hydrogen-bond acceptors (Lipinski definition) is 3. The molecule has 0 radical (unpaired) electrons. The first kappa shape index (κ1) is 15.6. The molecular formula is C12H20O5. The van der Waals surface area contributed by atoms with Crippen LogP contribution in [-0.2, 0) is 14.4 Å². The molecule has 2 N–H and O–H groups in total. The summed E-state index contributed by atoms with van der Waals surface area (Å²) in [6, 6.07) is 0. The Hall–Kier alpha value is -1.39. The lowest BCUT2D eigenvalue weighted by Gasteiger charge is -2.33. The van der Waals surface area contributed by atoms with Crippen molar-refractivity contribution in [2.24, 2.45) is 10.8 Å². The van der Waals surface area contributed by atoms with Crippen molar-refractivity contribution < 1.29 is 24.6 Å². The van der Waals surface area contributed by atoms with Gasteiger partial charge in [-0.25, -0.2) is 0 Å². The Morgan fingerprint density at radius 2 is 1.76 bits per heavy atom. The molecule has 98 valence electrons. The average Bonchev–Trinajstić information content (AvgIpc) is 2.24. The van der Waals surface area contributed by atoms with Gasteiger partial charge < -0.3 is 15.0 Å². The van der Waals surface area contributed by atoms with Gasteiger partial charge in [0.25, 0.3) is 0 Å². The van der Waals surface area contributed by atoms with E-state index in [1.807, 2.05) is 0 Å². The van der Waals surface area contributed by atoms with Crippen LogP contribution >= 0.6 is 0 Å². The van der Waals surface area contributed by atoms with Crippen LogP contribution in [0.5, 0.6) is 0 Å². The number of carboxylic acids is 2. The molecule has 17 heavy (non-hydrogen) atoms.